The standard InChI is InChI=1S/C21H29N5O2/c1-21(2,3)26-18(27)9-12-25(20(26)28)19-16-6-5-15(13-17(16)24(4)23-19)14-7-10-22-11-8-14/h5-6,13-14,22H,7-12H2,1-4H3. The summed E-state index contributed by atoms with van der Waals surface area (Å²) in [6.07, 6.45) is 2.60. The molecule has 3 amide bonds. The number of carbonyl (C=O) groups is 2. The van der Waals surface area contributed by atoms with Gasteiger partial charge in [-0.15, -0.1) is 0 Å². The second-order valence-corrected chi connectivity index (χ2v) is 8.83. The lowest BCUT2D eigenvalue weighted by Gasteiger charge is -2.40. The van der Waals surface area contributed by atoms with E-state index in [1.54, 1.807) is 4.90 Å². The summed E-state index contributed by atoms with van der Waals surface area (Å²) in [6, 6.07) is 6.18. The predicted octanol–water partition coefficient (Wildman–Crippen LogP) is 3.00. The number of nitrogens with one attached hydrogen (secondary N) is 1. The zero-order valence-corrected chi connectivity index (χ0v) is 17.2. The van der Waals surface area contributed by atoms with Crippen LogP contribution in [0.2, 0.25) is 0 Å². The van der Waals surface area contributed by atoms with Crippen LogP contribution in [-0.4, -0.2) is 51.8 Å². The minimum atomic E-state index is -0.556. The molecule has 0 bridgehead atoms. The molecule has 7 nitrogen and oxygen atoms in total. The molecule has 28 heavy (non-hydrogen) atoms. The summed E-state index contributed by atoms with van der Waals surface area (Å²) in [5.41, 5.74) is 1.80. The molecule has 1 N–H and O–H groups in total. The summed E-state index contributed by atoms with van der Waals surface area (Å²) in [6.45, 7) is 8.12. The Balaban J connectivity index is 1.71. The van der Waals surface area contributed by atoms with Crippen LogP contribution in [0.3, 0.4) is 0 Å². The normalized spacial score (nSPS) is 19.7. The molecule has 0 unspecified atom stereocenters. The molecule has 0 radical (unpaired) electrons. The molecule has 0 atom stereocenters. The lowest BCUT2D eigenvalue weighted by Crippen LogP contribution is -2.59. The van der Waals surface area contributed by atoms with Crippen molar-refractivity contribution in [3.05, 3.63) is 23.8 Å². The maximum atomic E-state index is 13.1. The smallest absolute Gasteiger partial charge is 0.317 e. The van der Waals surface area contributed by atoms with Crippen LogP contribution >= 0.6 is 0 Å². The fraction of sp³-hybridized carbons (Fsp3) is 0.571. The number of nitrogens with zero attached hydrogens (tertiary/aromatic N) is 4. The van der Waals surface area contributed by atoms with Gasteiger partial charge in [0, 0.05) is 30.9 Å². The van der Waals surface area contributed by atoms with Crippen molar-refractivity contribution in [2.45, 2.75) is 51.5 Å². The molecule has 1 aromatic carbocycles. The second-order valence-electron chi connectivity index (χ2n) is 8.83. The molecule has 1 aromatic heterocycles. The van der Waals surface area contributed by atoms with E-state index in [2.05, 4.69) is 28.6 Å². The van der Waals surface area contributed by atoms with Crippen LogP contribution < -0.4 is 10.2 Å². The first-order valence-electron chi connectivity index (χ1n) is 10.1. The molecule has 4 rings (SSSR count). The molecule has 0 aliphatic carbocycles. The van der Waals surface area contributed by atoms with E-state index in [9.17, 15) is 9.59 Å². The van der Waals surface area contributed by atoms with Crippen LogP contribution in [0.5, 0.6) is 0 Å². The van der Waals surface area contributed by atoms with Gasteiger partial charge < -0.3 is 5.32 Å². The quantitative estimate of drug-likeness (QED) is 0.865. The Morgan fingerprint density at radius 2 is 1.86 bits per heavy atom. The first-order chi connectivity index (χ1) is 13.3. The van der Waals surface area contributed by atoms with Crippen LogP contribution in [-0.2, 0) is 11.8 Å². The van der Waals surface area contributed by atoms with Gasteiger partial charge in [0.15, 0.2) is 5.82 Å². The predicted molar refractivity (Wildman–Crippen MR) is 110 cm³/mol. The third-order valence-corrected chi connectivity index (χ3v) is 5.81. The highest BCUT2D eigenvalue weighted by Gasteiger charge is 2.40. The van der Waals surface area contributed by atoms with Crippen LogP contribution in [0.25, 0.3) is 10.9 Å². The highest BCUT2D eigenvalue weighted by molar-refractivity contribution is 6.09. The van der Waals surface area contributed by atoms with E-state index >= 15 is 0 Å². The highest BCUT2D eigenvalue weighted by Crippen LogP contribution is 2.34. The highest BCUT2D eigenvalue weighted by atomic mass is 16.2. The minimum Gasteiger partial charge on any atom is -0.317 e. The van der Waals surface area contributed by atoms with Gasteiger partial charge in [-0.05, 0) is 70.3 Å². The molecule has 2 fully saturated rings. The van der Waals surface area contributed by atoms with Gasteiger partial charge in [0.2, 0.25) is 5.91 Å². The number of anilines is 1. The topological polar surface area (TPSA) is 70.5 Å². The Hall–Kier alpha value is -2.41. The second kappa shape index (κ2) is 6.88. The van der Waals surface area contributed by atoms with Crippen molar-refractivity contribution in [1.82, 2.24) is 20.0 Å². The van der Waals surface area contributed by atoms with E-state index in [1.165, 1.54) is 10.5 Å². The van der Waals surface area contributed by atoms with Crippen molar-refractivity contribution < 1.29 is 9.59 Å². The summed E-state index contributed by atoms with van der Waals surface area (Å²) in [7, 11) is 1.92. The van der Waals surface area contributed by atoms with E-state index in [0.717, 1.165) is 36.8 Å². The largest absolute Gasteiger partial charge is 0.332 e. The number of aryl methyl sites for hydroxylation is 1. The van der Waals surface area contributed by atoms with Crippen molar-refractivity contribution in [2.24, 2.45) is 7.05 Å². The zero-order chi connectivity index (χ0) is 20.1. The number of imide groups is 1. The molecule has 0 spiro atoms. The number of benzene rings is 1. The maximum absolute atomic E-state index is 13.1. The van der Waals surface area contributed by atoms with E-state index in [0.29, 0.717) is 24.7 Å². The summed E-state index contributed by atoms with van der Waals surface area (Å²) < 4.78 is 1.85. The van der Waals surface area contributed by atoms with Crippen molar-refractivity contribution in [3.8, 4) is 0 Å². The number of hydrogen-bond donors (Lipinski definition) is 1. The summed E-state index contributed by atoms with van der Waals surface area (Å²) in [5.74, 6) is 1.08. The molecule has 7 heteroatoms. The van der Waals surface area contributed by atoms with E-state index in [-0.39, 0.29) is 11.9 Å². The number of amides is 3. The van der Waals surface area contributed by atoms with Crippen molar-refractivity contribution in [2.75, 3.05) is 24.5 Å². The zero-order valence-electron chi connectivity index (χ0n) is 17.2. The van der Waals surface area contributed by atoms with Crippen molar-refractivity contribution in [1.29, 1.82) is 0 Å². The van der Waals surface area contributed by atoms with Gasteiger partial charge in [0.25, 0.3) is 0 Å². The Kier molecular flexibility index (Phi) is 4.65. The lowest BCUT2D eigenvalue weighted by molar-refractivity contribution is -0.132. The maximum Gasteiger partial charge on any atom is 0.332 e. The van der Waals surface area contributed by atoms with Crippen LogP contribution in [0, 0.1) is 0 Å². The van der Waals surface area contributed by atoms with Gasteiger partial charge in [0.1, 0.15) is 0 Å². The monoisotopic (exact) mass is 383 g/mol. The fourth-order valence-electron chi connectivity index (χ4n) is 4.36. The minimum absolute atomic E-state index is 0.123. The summed E-state index contributed by atoms with van der Waals surface area (Å²) in [4.78, 5) is 28.5. The third-order valence-electron chi connectivity index (χ3n) is 5.81. The number of hydrogen-bond acceptors (Lipinski definition) is 4. The Bertz CT molecular complexity index is 921. The van der Waals surface area contributed by atoms with E-state index < -0.39 is 5.54 Å². The number of urea groups is 1. The van der Waals surface area contributed by atoms with Gasteiger partial charge in [-0.2, -0.15) is 5.10 Å². The Morgan fingerprint density at radius 3 is 2.54 bits per heavy atom. The Labute approximate surface area is 165 Å². The van der Waals surface area contributed by atoms with Gasteiger partial charge in [0.05, 0.1) is 5.52 Å². The average molecular weight is 383 g/mol. The van der Waals surface area contributed by atoms with Gasteiger partial charge in [-0.25, -0.2) is 4.79 Å². The van der Waals surface area contributed by atoms with Gasteiger partial charge >= 0.3 is 6.03 Å². The van der Waals surface area contributed by atoms with Gasteiger partial charge in [-0.3, -0.25) is 19.3 Å². The first kappa shape index (κ1) is 18.9. The Morgan fingerprint density at radius 1 is 1.14 bits per heavy atom. The number of rotatable bonds is 2. The number of aromatic nitrogens is 2. The van der Waals surface area contributed by atoms with Crippen molar-refractivity contribution >= 4 is 28.7 Å². The molecule has 3 heterocycles. The molecule has 0 saturated carbocycles. The van der Waals surface area contributed by atoms with Crippen LogP contribution in [0.4, 0.5) is 10.6 Å². The molecule has 2 aliphatic rings. The summed E-state index contributed by atoms with van der Waals surface area (Å²) >= 11 is 0. The van der Waals surface area contributed by atoms with Gasteiger partial charge in [-0.1, -0.05) is 6.07 Å². The SMILES string of the molecule is Cn1nc(N2CCC(=O)N(C(C)(C)C)C2=O)c2ccc(C3CCNCC3)cc21. The van der Waals surface area contributed by atoms with E-state index in [4.69, 9.17) is 0 Å². The number of carbonyl (C=O) groups excluding carboxylic acids is 2. The van der Waals surface area contributed by atoms with Crippen LogP contribution in [0.1, 0.15) is 51.5 Å². The summed E-state index contributed by atoms with van der Waals surface area (Å²) in [5, 5.41) is 9.03. The van der Waals surface area contributed by atoms with E-state index in [1.807, 2.05) is 32.5 Å². The number of fused-ring (bicyclic) bond motifs is 1. The van der Waals surface area contributed by atoms with Crippen LogP contribution in [0.15, 0.2) is 18.2 Å². The number of piperidine rings is 1. The fourth-order valence-corrected chi connectivity index (χ4v) is 4.36. The third kappa shape index (κ3) is 3.17. The average Bonchev–Trinajstić information content (AvgIpc) is 2.97. The molecule has 150 valence electrons. The van der Waals surface area contributed by atoms with Crippen molar-refractivity contribution in [3.63, 3.8) is 0 Å². The lowest BCUT2D eigenvalue weighted by atomic mass is 9.90. The molecular formula is C21H29N5O2. The molecule has 2 aliphatic heterocycles. The molecule has 2 saturated heterocycles. The molecular weight excluding hydrogens is 354 g/mol. The first-order valence-corrected chi connectivity index (χ1v) is 10.1. The molecule has 2 aromatic rings.